The number of aromatic nitrogens is 2. The Balaban J connectivity index is 1.11. The first kappa shape index (κ1) is 19.4. The molecule has 9 heteroatoms. The van der Waals surface area contributed by atoms with E-state index in [-0.39, 0.29) is 40.0 Å². The van der Waals surface area contributed by atoms with Crippen molar-refractivity contribution in [1.29, 1.82) is 0 Å². The normalized spacial score (nSPS) is 24.1. The SMILES string of the molecule is O=C(COc1ccc(Cl)c(F)c1)CC12CC(NC(=O)c3ccc4nsnc4c3)(C1)C2. The third-order valence-electron chi connectivity index (χ3n) is 5.90. The smallest absolute Gasteiger partial charge is 0.251 e. The van der Waals surface area contributed by atoms with E-state index >= 15 is 0 Å². The van der Waals surface area contributed by atoms with Gasteiger partial charge in [0.05, 0.1) is 16.8 Å². The van der Waals surface area contributed by atoms with E-state index in [9.17, 15) is 14.0 Å². The molecule has 0 unspecified atom stereocenters. The molecular formula is C21H17ClFN3O3S. The zero-order chi connectivity index (χ0) is 20.9. The molecule has 6 rings (SSSR count). The average molecular weight is 446 g/mol. The highest BCUT2D eigenvalue weighted by Crippen LogP contribution is 2.69. The summed E-state index contributed by atoms with van der Waals surface area (Å²) in [6, 6.07) is 9.38. The van der Waals surface area contributed by atoms with Crippen LogP contribution >= 0.6 is 23.3 Å². The van der Waals surface area contributed by atoms with Gasteiger partial charge in [-0.05, 0) is 55.0 Å². The number of hydrogen-bond donors (Lipinski definition) is 1. The van der Waals surface area contributed by atoms with Gasteiger partial charge in [0.2, 0.25) is 0 Å². The summed E-state index contributed by atoms with van der Waals surface area (Å²) in [5.74, 6) is -0.466. The van der Waals surface area contributed by atoms with Gasteiger partial charge in [-0.1, -0.05) is 11.6 Å². The van der Waals surface area contributed by atoms with Crippen molar-refractivity contribution in [3.8, 4) is 5.75 Å². The molecule has 1 amide bonds. The van der Waals surface area contributed by atoms with Crippen LogP contribution in [-0.4, -0.2) is 32.6 Å². The van der Waals surface area contributed by atoms with Crippen LogP contribution in [0.1, 0.15) is 36.0 Å². The van der Waals surface area contributed by atoms with Gasteiger partial charge in [0.25, 0.3) is 5.91 Å². The predicted molar refractivity (Wildman–Crippen MR) is 110 cm³/mol. The molecule has 30 heavy (non-hydrogen) atoms. The topological polar surface area (TPSA) is 81.2 Å². The van der Waals surface area contributed by atoms with Crippen molar-refractivity contribution in [2.24, 2.45) is 5.41 Å². The Morgan fingerprint density at radius 2 is 1.90 bits per heavy atom. The van der Waals surface area contributed by atoms with Crippen LogP contribution in [0.3, 0.4) is 0 Å². The fourth-order valence-corrected chi connectivity index (χ4v) is 5.39. The minimum absolute atomic E-state index is 0.0121. The van der Waals surface area contributed by atoms with E-state index in [0.717, 1.165) is 36.5 Å². The average Bonchev–Trinajstić information content (AvgIpc) is 3.14. The number of carbonyl (C=O) groups is 2. The second kappa shape index (κ2) is 6.99. The van der Waals surface area contributed by atoms with Gasteiger partial charge in [-0.15, -0.1) is 0 Å². The molecule has 154 valence electrons. The highest BCUT2D eigenvalue weighted by Gasteiger charge is 2.68. The molecule has 3 aliphatic carbocycles. The monoisotopic (exact) mass is 445 g/mol. The number of rotatable bonds is 7. The molecule has 0 aliphatic heterocycles. The molecule has 0 radical (unpaired) electrons. The Kier molecular flexibility index (Phi) is 4.52. The third kappa shape index (κ3) is 3.44. The Morgan fingerprint density at radius 1 is 1.13 bits per heavy atom. The number of benzene rings is 2. The van der Waals surface area contributed by atoms with E-state index in [2.05, 4.69) is 14.1 Å². The molecule has 3 aliphatic rings. The molecule has 3 aromatic rings. The van der Waals surface area contributed by atoms with Gasteiger partial charge in [0.15, 0.2) is 5.78 Å². The van der Waals surface area contributed by atoms with Crippen LogP contribution in [0.15, 0.2) is 36.4 Å². The number of nitrogens with one attached hydrogen (secondary N) is 1. The summed E-state index contributed by atoms with van der Waals surface area (Å²) in [5.41, 5.74) is 1.79. The zero-order valence-corrected chi connectivity index (χ0v) is 17.4. The van der Waals surface area contributed by atoms with E-state index in [1.165, 1.54) is 18.2 Å². The summed E-state index contributed by atoms with van der Waals surface area (Å²) in [7, 11) is 0. The minimum Gasteiger partial charge on any atom is -0.486 e. The van der Waals surface area contributed by atoms with E-state index in [0.29, 0.717) is 17.5 Å². The molecule has 1 heterocycles. The van der Waals surface area contributed by atoms with Crippen LogP contribution < -0.4 is 10.1 Å². The van der Waals surface area contributed by atoms with E-state index < -0.39 is 5.82 Å². The van der Waals surface area contributed by atoms with Gasteiger partial charge >= 0.3 is 0 Å². The number of halogens is 2. The summed E-state index contributed by atoms with van der Waals surface area (Å²) >= 11 is 6.76. The second-order valence-electron chi connectivity index (χ2n) is 8.31. The molecule has 2 bridgehead atoms. The number of amides is 1. The first-order chi connectivity index (χ1) is 14.4. The first-order valence-corrected chi connectivity index (χ1v) is 10.6. The fraction of sp³-hybridized carbons (Fsp3) is 0.333. The van der Waals surface area contributed by atoms with Crippen LogP contribution in [0.2, 0.25) is 5.02 Å². The highest BCUT2D eigenvalue weighted by molar-refractivity contribution is 7.00. The lowest BCUT2D eigenvalue weighted by Crippen LogP contribution is -2.75. The Morgan fingerprint density at radius 3 is 2.67 bits per heavy atom. The number of ether oxygens (including phenoxy) is 1. The molecular weight excluding hydrogens is 429 g/mol. The van der Waals surface area contributed by atoms with Crippen molar-refractivity contribution in [2.75, 3.05) is 6.61 Å². The lowest BCUT2D eigenvalue weighted by Gasteiger charge is -2.70. The predicted octanol–water partition coefficient (Wildman–Crippen LogP) is 4.17. The summed E-state index contributed by atoms with van der Waals surface area (Å²) in [6.45, 7) is -0.107. The van der Waals surface area contributed by atoms with Crippen molar-refractivity contribution in [3.05, 3.63) is 52.8 Å². The number of hydrogen-bond acceptors (Lipinski definition) is 6. The van der Waals surface area contributed by atoms with Crippen LogP contribution in [0.4, 0.5) is 4.39 Å². The number of carbonyl (C=O) groups excluding carboxylic acids is 2. The number of fused-ring (bicyclic) bond motifs is 1. The van der Waals surface area contributed by atoms with Gasteiger partial charge in [0, 0.05) is 23.6 Å². The maximum absolute atomic E-state index is 13.4. The van der Waals surface area contributed by atoms with Crippen LogP contribution in [0.5, 0.6) is 5.75 Å². The van der Waals surface area contributed by atoms with Gasteiger partial charge in [-0.2, -0.15) is 8.75 Å². The lowest BCUT2D eigenvalue weighted by atomic mass is 9.38. The maximum atomic E-state index is 13.4. The van der Waals surface area contributed by atoms with Crippen molar-refractivity contribution in [3.63, 3.8) is 0 Å². The molecule has 3 saturated carbocycles. The second-order valence-corrected chi connectivity index (χ2v) is 9.25. The van der Waals surface area contributed by atoms with E-state index in [1.54, 1.807) is 18.2 Å². The van der Waals surface area contributed by atoms with Gasteiger partial charge in [-0.3, -0.25) is 9.59 Å². The largest absolute Gasteiger partial charge is 0.486 e. The number of nitrogens with zero attached hydrogens (tertiary/aromatic N) is 2. The minimum atomic E-state index is -0.580. The Labute approximate surface area is 180 Å². The quantitative estimate of drug-likeness (QED) is 0.590. The molecule has 0 spiro atoms. The van der Waals surface area contributed by atoms with Crippen molar-refractivity contribution in [1.82, 2.24) is 14.1 Å². The molecule has 0 atom stereocenters. The van der Waals surface area contributed by atoms with Crippen LogP contribution in [0, 0.1) is 11.2 Å². The van der Waals surface area contributed by atoms with E-state index in [4.69, 9.17) is 16.3 Å². The molecule has 0 saturated heterocycles. The summed E-state index contributed by atoms with van der Waals surface area (Å²) < 4.78 is 27.1. The standard InChI is InChI=1S/C21H17ClFN3O3S/c22-15-3-2-14(6-16(15)23)29-8-13(27)7-20-9-21(10-20,11-20)24-19(28)12-1-4-17-18(5-12)26-30-25-17/h1-6H,7-11H2,(H,24,28). The van der Waals surface area contributed by atoms with Crippen molar-refractivity contribution in [2.45, 2.75) is 31.2 Å². The highest BCUT2D eigenvalue weighted by atomic mass is 35.5. The van der Waals surface area contributed by atoms with Gasteiger partial charge in [-0.25, -0.2) is 4.39 Å². The zero-order valence-electron chi connectivity index (χ0n) is 15.8. The molecule has 1 N–H and O–H groups in total. The molecule has 3 fully saturated rings. The van der Waals surface area contributed by atoms with Crippen molar-refractivity contribution >= 4 is 46.1 Å². The molecule has 2 aromatic carbocycles. The lowest BCUT2D eigenvalue weighted by molar-refractivity contribution is -0.162. The number of ketones is 1. The first-order valence-electron chi connectivity index (χ1n) is 9.50. The Hall–Kier alpha value is -2.58. The van der Waals surface area contributed by atoms with Crippen LogP contribution in [-0.2, 0) is 4.79 Å². The number of Topliss-reactive ketones (excluding diaryl/α,β-unsaturated/α-hetero) is 1. The van der Waals surface area contributed by atoms with Crippen LogP contribution in [0.25, 0.3) is 11.0 Å². The fourth-order valence-electron chi connectivity index (χ4n) is 4.75. The van der Waals surface area contributed by atoms with Gasteiger partial charge < -0.3 is 10.1 Å². The third-order valence-corrected chi connectivity index (χ3v) is 6.76. The molecule has 1 aromatic heterocycles. The van der Waals surface area contributed by atoms with E-state index in [1.807, 2.05) is 0 Å². The summed E-state index contributed by atoms with van der Waals surface area (Å²) in [4.78, 5) is 24.9. The Bertz CT molecular complexity index is 1160. The molecule has 6 nitrogen and oxygen atoms in total. The summed E-state index contributed by atoms with van der Waals surface area (Å²) in [5, 5.41) is 3.13. The van der Waals surface area contributed by atoms with Gasteiger partial charge in [0.1, 0.15) is 29.2 Å². The summed E-state index contributed by atoms with van der Waals surface area (Å²) in [6.07, 6.45) is 2.76. The van der Waals surface area contributed by atoms with Crippen molar-refractivity contribution < 1.29 is 18.7 Å². The maximum Gasteiger partial charge on any atom is 0.251 e.